The SMILES string of the molecule is C[C@H](O)c1ccc2ccccc2c1OCC#N. The maximum atomic E-state index is 9.70. The minimum Gasteiger partial charge on any atom is -0.478 e. The standard InChI is InChI=1S/C14H13NO2/c1-10(16)12-7-6-11-4-2-3-5-13(11)14(12)17-9-8-15/h2-7,10,16H,9H2,1H3/t10-/m0/s1. The smallest absolute Gasteiger partial charge is 0.174 e. The molecule has 0 radical (unpaired) electrons. The van der Waals surface area contributed by atoms with Crippen molar-refractivity contribution in [1.29, 1.82) is 5.26 Å². The molecule has 0 unspecified atom stereocenters. The lowest BCUT2D eigenvalue weighted by molar-refractivity contribution is 0.193. The second-order valence-corrected chi connectivity index (χ2v) is 3.83. The van der Waals surface area contributed by atoms with Crippen molar-refractivity contribution in [2.45, 2.75) is 13.0 Å². The van der Waals surface area contributed by atoms with Gasteiger partial charge in [-0.05, 0) is 12.3 Å². The van der Waals surface area contributed by atoms with E-state index in [9.17, 15) is 5.11 Å². The molecule has 2 aromatic rings. The molecule has 2 rings (SSSR count). The Morgan fingerprint density at radius 1 is 1.29 bits per heavy atom. The summed E-state index contributed by atoms with van der Waals surface area (Å²) >= 11 is 0. The molecule has 0 heterocycles. The van der Waals surface area contributed by atoms with E-state index >= 15 is 0 Å². The van der Waals surface area contributed by atoms with Crippen molar-refractivity contribution in [2.75, 3.05) is 6.61 Å². The minimum atomic E-state index is -0.617. The Kier molecular flexibility index (Phi) is 3.27. The van der Waals surface area contributed by atoms with Crippen LogP contribution in [-0.2, 0) is 0 Å². The van der Waals surface area contributed by atoms with E-state index in [-0.39, 0.29) is 6.61 Å². The molecule has 0 saturated carbocycles. The van der Waals surface area contributed by atoms with Gasteiger partial charge in [-0.2, -0.15) is 5.26 Å². The summed E-state index contributed by atoms with van der Waals surface area (Å²) < 4.78 is 5.44. The van der Waals surface area contributed by atoms with Crippen molar-refractivity contribution in [3.63, 3.8) is 0 Å². The highest BCUT2D eigenvalue weighted by molar-refractivity contribution is 5.89. The van der Waals surface area contributed by atoms with Crippen LogP contribution in [0.25, 0.3) is 10.8 Å². The third-order valence-electron chi connectivity index (χ3n) is 2.64. The normalized spacial score (nSPS) is 12.1. The summed E-state index contributed by atoms with van der Waals surface area (Å²) in [5.74, 6) is 0.597. The summed E-state index contributed by atoms with van der Waals surface area (Å²) in [6, 6.07) is 13.5. The lowest BCUT2D eigenvalue weighted by atomic mass is 10.0. The van der Waals surface area contributed by atoms with E-state index in [1.807, 2.05) is 42.5 Å². The van der Waals surface area contributed by atoms with E-state index in [1.165, 1.54) is 0 Å². The largest absolute Gasteiger partial charge is 0.478 e. The third-order valence-corrected chi connectivity index (χ3v) is 2.64. The predicted octanol–water partition coefficient (Wildman–Crippen LogP) is 2.80. The molecule has 0 amide bonds. The maximum absolute atomic E-state index is 9.70. The van der Waals surface area contributed by atoms with Gasteiger partial charge in [-0.25, -0.2) is 0 Å². The Balaban J connectivity index is 2.62. The zero-order valence-electron chi connectivity index (χ0n) is 9.55. The van der Waals surface area contributed by atoms with E-state index < -0.39 is 6.10 Å². The van der Waals surface area contributed by atoms with Crippen LogP contribution in [0.5, 0.6) is 5.75 Å². The fraction of sp³-hybridized carbons (Fsp3) is 0.214. The Bertz CT molecular complexity index is 570. The number of fused-ring (bicyclic) bond motifs is 1. The number of nitrogens with zero attached hydrogens (tertiary/aromatic N) is 1. The van der Waals surface area contributed by atoms with Gasteiger partial charge >= 0.3 is 0 Å². The van der Waals surface area contributed by atoms with Crippen LogP contribution in [0.1, 0.15) is 18.6 Å². The van der Waals surface area contributed by atoms with Gasteiger partial charge in [-0.15, -0.1) is 0 Å². The van der Waals surface area contributed by atoms with Crippen LogP contribution in [-0.4, -0.2) is 11.7 Å². The Hall–Kier alpha value is -2.05. The van der Waals surface area contributed by atoms with Crippen molar-refractivity contribution in [3.05, 3.63) is 42.0 Å². The van der Waals surface area contributed by atoms with Crippen LogP contribution < -0.4 is 4.74 Å². The summed E-state index contributed by atoms with van der Waals surface area (Å²) in [5, 5.41) is 20.2. The number of aliphatic hydroxyl groups is 1. The van der Waals surface area contributed by atoms with E-state index in [0.29, 0.717) is 11.3 Å². The van der Waals surface area contributed by atoms with Gasteiger partial charge in [0.2, 0.25) is 0 Å². The molecule has 17 heavy (non-hydrogen) atoms. The van der Waals surface area contributed by atoms with Gasteiger partial charge in [0.1, 0.15) is 11.8 Å². The van der Waals surface area contributed by atoms with Crippen LogP contribution in [0.3, 0.4) is 0 Å². The fourth-order valence-electron chi connectivity index (χ4n) is 1.85. The van der Waals surface area contributed by atoms with E-state index in [4.69, 9.17) is 10.00 Å². The highest BCUT2D eigenvalue weighted by Gasteiger charge is 2.12. The van der Waals surface area contributed by atoms with E-state index in [0.717, 1.165) is 10.8 Å². The summed E-state index contributed by atoms with van der Waals surface area (Å²) in [4.78, 5) is 0. The molecular formula is C14H13NO2. The van der Waals surface area contributed by atoms with Gasteiger partial charge < -0.3 is 9.84 Å². The third kappa shape index (κ3) is 2.22. The molecule has 0 fully saturated rings. The minimum absolute atomic E-state index is 0.0201. The molecule has 0 aliphatic heterocycles. The predicted molar refractivity (Wildman–Crippen MR) is 65.7 cm³/mol. The van der Waals surface area contributed by atoms with Crippen LogP contribution in [0.2, 0.25) is 0 Å². The summed E-state index contributed by atoms with van der Waals surface area (Å²) in [5.41, 5.74) is 0.707. The molecule has 0 aliphatic rings. The molecule has 0 spiro atoms. The molecule has 1 N–H and O–H groups in total. The number of ether oxygens (including phenoxy) is 1. The molecule has 0 bridgehead atoms. The molecule has 0 saturated heterocycles. The van der Waals surface area contributed by atoms with Gasteiger partial charge in [0.05, 0.1) is 6.10 Å². The number of hydrogen-bond donors (Lipinski definition) is 1. The maximum Gasteiger partial charge on any atom is 0.174 e. The molecule has 3 nitrogen and oxygen atoms in total. The second-order valence-electron chi connectivity index (χ2n) is 3.83. The van der Waals surface area contributed by atoms with Crippen LogP contribution in [0, 0.1) is 11.3 Å². The first-order valence-corrected chi connectivity index (χ1v) is 5.43. The van der Waals surface area contributed by atoms with Crippen LogP contribution >= 0.6 is 0 Å². The van der Waals surface area contributed by atoms with Gasteiger partial charge in [0, 0.05) is 10.9 Å². The summed E-state index contributed by atoms with van der Waals surface area (Å²) in [6.07, 6.45) is -0.617. The van der Waals surface area contributed by atoms with Crippen LogP contribution in [0.4, 0.5) is 0 Å². The summed E-state index contributed by atoms with van der Waals surface area (Å²) in [6.45, 7) is 1.66. The number of aliphatic hydroxyl groups excluding tert-OH is 1. The highest BCUT2D eigenvalue weighted by atomic mass is 16.5. The van der Waals surface area contributed by atoms with Crippen LogP contribution in [0.15, 0.2) is 36.4 Å². The van der Waals surface area contributed by atoms with Gasteiger partial charge in [-0.3, -0.25) is 0 Å². The zero-order chi connectivity index (χ0) is 12.3. The van der Waals surface area contributed by atoms with Gasteiger partial charge in [0.25, 0.3) is 0 Å². The lowest BCUT2D eigenvalue weighted by Crippen LogP contribution is -2.01. The van der Waals surface area contributed by atoms with Gasteiger partial charge in [0.15, 0.2) is 6.61 Å². The van der Waals surface area contributed by atoms with Crippen molar-refractivity contribution >= 4 is 10.8 Å². The average molecular weight is 227 g/mol. The molecule has 2 aromatic carbocycles. The molecular weight excluding hydrogens is 214 g/mol. The Morgan fingerprint density at radius 3 is 2.76 bits per heavy atom. The quantitative estimate of drug-likeness (QED) is 0.877. The van der Waals surface area contributed by atoms with Crippen molar-refractivity contribution in [3.8, 4) is 11.8 Å². The molecule has 0 aliphatic carbocycles. The monoisotopic (exact) mass is 227 g/mol. The van der Waals surface area contributed by atoms with Gasteiger partial charge in [-0.1, -0.05) is 36.4 Å². The van der Waals surface area contributed by atoms with Crippen molar-refractivity contribution < 1.29 is 9.84 Å². The van der Waals surface area contributed by atoms with E-state index in [2.05, 4.69) is 0 Å². The Labute approximate surface area is 99.9 Å². The average Bonchev–Trinajstić information content (AvgIpc) is 2.35. The molecule has 1 atom stereocenters. The number of rotatable bonds is 3. The first-order valence-electron chi connectivity index (χ1n) is 5.43. The zero-order valence-corrected chi connectivity index (χ0v) is 9.55. The summed E-state index contributed by atoms with van der Waals surface area (Å²) in [7, 11) is 0. The number of nitriles is 1. The first kappa shape index (κ1) is 11.4. The topological polar surface area (TPSA) is 53.2 Å². The number of benzene rings is 2. The van der Waals surface area contributed by atoms with Crippen molar-refractivity contribution in [2.24, 2.45) is 0 Å². The first-order chi connectivity index (χ1) is 8.24. The highest BCUT2D eigenvalue weighted by Crippen LogP contribution is 2.33. The second kappa shape index (κ2) is 4.86. The lowest BCUT2D eigenvalue weighted by Gasteiger charge is -2.14. The number of hydrogen-bond acceptors (Lipinski definition) is 3. The fourth-order valence-corrected chi connectivity index (χ4v) is 1.85. The van der Waals surface area contributed by atoms with Crippen molar-refractivity contribution in [1.82, 2.24) is 0 Å². The molecule has 3 heteroatoms. The Morgan fingerprint density at radius 2 is 2.06 bits per heavy atom. The molecule has 86 valence electrons. The molecule has 0 aromatic heterocycles. The van der Waals surface area contributed by atoms with E-state index in [1.54, 1.807) is 6.92 Å².